The molecule has 2 aromatic rings. The third kappa shape index (κ3) is 2.62. The van der Waals surface area contributed by atoms with Crippen LogP contribution < -0.4 is 11.1 Å². The van der Waals surface area contributed by atoms with Crippen molar-refractivity contribution in [1.29, 1.82) is 5.26 Å². The Labute approximate surface area is 103 Å². The first kappa shape index (κ1) is 11.2. The number of benzene rings is 1. The summed E-state index contributed by atoms with van der Waals surface area (Å²) in [6, 6.07) is 6.94. The van der Waals surface area contributed by atoms with Crippen molar-refractivity contribution in [3.8, 4) is 6.07 Å². The Bertz CT molecular complexity index is 591. The number of aromatic nitrogens is 2. The first-order valence-electron chi connectivity index (χ1n) is 4.73. The van der Waals surface area contributed by atoms with Crippen LogP contribution in [0.5, 0.6) is 0 Å². The highest BCUT2D eigenvalue weighted by Crippen LogP contribution is 2.25. The molecule has 84 valence electrons. The Morgan fingerprint density at radius 1 is 1.35 bits per heavy atom. The standard InChI is InChI=1S/C11H8ClN5/c12-8-3-7(4-13)1-2-9(8)16-11-6-15-5-10(14)17-11/h1-3,5-6H,(H3,14,16,17). The Balaban J connectivity index is 2.28. The molecule has 0 aliphatic heterocycles. The van der Waals surface area contributed by atoms with Gasteiger partial charge in [-0.25, -0.2) is 4.98 Å². The van der Waals surface area contributed by atoms with Crippen LogP contribution in [0.3, 0.4) is 0 Å². The molecule has 0 fully saturated rings. The van der Waals surface area contributed by atoms with Crippen LogP contribution >= 0.6 is 11.6 Å². The lowest BCUT2D eigenvalue weighted by Gasteiger charge is -2.07. The number of halogens is 1. The van der Waals surface area contributed by atoms with Gasteiger partial charge >= 0.3 is 0 Å². The number of anilines is 3. The Hall–Kier alpha value is -2.32. The van der Waals surface area contributed by atoms with Crippen LogP contribution in [0.2, 0.25) is 5.02 Å². The van der Waals surface area contributed by atoms with Crippen LogP contribution in [0.15, 0.2) is 30.6 Å². The quantitative estimate of drug-likeness (QED) is 0.848. The van der Waals surface area contributed by atoms with Gasteiger partial charge in [0.15, 0.2) is 5.82 Å². The molecule has 1 aromatic carbocycles. The predicted octanol–water partition coefficient (Wildman–Crippen LogP) is 2.33. The molecule has 0 atom stereocenters. The van der Waals surface area contributed by atoms with E-state index in [0.29, 0.717) is 27.9 Å². The van der Waals surface area contributed by atoms with Crippen LogP contribution in [-0.2, 0) is 0 Å². The molecule has 1 heterocycles. The minimum absolute atomic E-state index is 0.319. The molecule has 5 nitrogen and oxygen atoms in total. The maximum atomic E-state index is 8.71. The van der Waals surface area contributed by atoms with Crippen molar-refractivity contribution in [2.75, 3.05) is 11.1 Å². The molecule has 0 radical (unpaired) electrons. The van der Waals surface area contributed by atoms with E-state index in [4.69, 9.17) is 22.6 Å². The fourth-order valence-corrected chi connectivity index (χ4v) is 1.49. The maximum Gasteiger partial charge on any atom is 0.151 e. The number of nitriles is 1. The van der Waals surface area contributed by atoms with Gasteiger partial charge in [0.1, 0.15) is 5.82 Å². The predicted molar refractivity (Wildman–Crippen MR) is 65.9 cm³/mol. The van der Waals surface area contributed by atoms with E-state index >= 15 is 0 Å². The highest BCUT2D eigenvalue weighted by Gasteiger charge is 2.03. The average molecular weight is 246 g/mol. The smallest absolute Gasteiger partial charge is 0.151 e. The SMILES string of the molecule is N#Cc1ccc(Nc2cncc(N)n2)c(Cl)c1. The van der Waals surface area contributed by atoms with Crippen molar-refractivity contribution in [1.82, 2.24) is 9.97 Å². The number of hydrogen-bond acceptors (Lipinski definition) is 5. The average Bonchev–Trinajstić information content (AvgIpc) is 2.32. The van der Waals surface area contributed by atoms with E-state index in [1.807, 2.05) is 6.07 Å². The molecule has 0 spiro atoms. The van der Waals surface area contributed by atoms with E-state index in [9.17, 15) is 0 Å². The van der Waals surface area contributed by atoms with Crippen molar-refractivity contribution in [2.45, 2.75) is 0 Å². The van der Waals surface area contributed by atoms with Crippen molar-refractivity contribution in [3.05, 3.63) is 41.2 Å². The van der Waals surface area contributed by atoms with Gasteiger partial charge in [-0.1, -0.05) is 11.6 Å². The summed E-state index contributed by atoms with van der Waals surface area (Å²) in [5, 5.41) is 12.1. The van der Waals surface area contributed by atoms with Crippen LogP contribution in [0.25, 0.3) is 0 Å². The summed E-state index contributed by atoms with van der Waals surface area (Å²) < 4.78 is 0. The number of nitrogens with two attached hydrogens (primary N) is 1. The minimum Gasteiger partial charge on any atom is -0.382 e. The van der Waals surface area contributed by atoms with Crippen molar-refractivity contribution in [3.63, 3.8) is 0 Å². The number of nitrogens with zero attached hydrogens (tertiary/aromatic N) is 3. The summed E-state index contributed by atoms with van der Waals surface area (Å²) in [7, 11) is 0. The van der Waals surface area contributed by atoms with Gasteiger partial charge in [-0.3, -0.25) is 4.98 Å². The Morgan fingerprint density at radius 2 is 2.18 bits per heavy atom. The summed E-state index contributed by atoms with van der Waals surface area (Å²) >= 11 is 6.00. The second-order valence-corrected chi connectivity index (χ2v) is 3.67. The third-order valence-corrected chi connectivity index (χ3v) is 2.33. The molecule has 0 amide bonds. The lowest BCUT2D eigenvalue weighted by Crippen LogP contribution is -1.98. The fourth-order valence-electron chi connectivity index (χ4n) is 1.27. The van der Waals surface area contributed by atoms with Crippen molar-refractivity contribution < 1.29 is 0 Å². The zero-order valence-corrected chi connectivity index (χ0v) is 9.44. The van der Waals surface area contributed by atoms with E-state index in [0.717, 1.165) is 0 Å². The minimum atomic E-state index is 0.319. The summed E-state index contributed by atoms with van der Waals surface area (Å²) in [6.45, 7) is 0. The molecule has 0 unspecified atom stereocenters. The Morgan fingerprint density at radius 3 is 2.82 bits per heavy atom. The lowest BCUT2D eigenvalue weighted by molar-refractivity contribution is 1.21. The lowest BCUT2D eigenvalue weighted by atomic mass is 10.2. The molecule has 0 saturated heterocycles. The zero-order valence-electron chi connectivity index (χ0n) is 8.68. The first-order chi connectivity index (χ1) is 8.19. The van der Waals surface area contributed by atoms with Gasteiger partial charge in [0, 0.05) is 0 Å². The summed E-state index contributed by atoms with van der Waals surface area (Å²) in [6.07, 6.45) is 2.98. The summed E-state index contributed by atoms with van der Waals surface area (Å²) in [5.74, 6) is 0.816. The number of nitrogen functional groups attached to an aromatic ring is 1. The number of rotatable bonds is 2. The maximum absolute atomic E-state index is 8.71. The molecule has 2 rings (SSSR count). The van der Waals surface area contributed by atoms with Crippen LogP contribution in [0.1, 0.15) is 5.56 Å². The van der Waals surface area contributed by atoms with E-state index in [1.165, 1.54) is 12.4 Å². The highest BCUT2D eigenvalue weighted by molar-refractivity contribution is 6.33. The van der Waals surface area contributed by atoms with E-state index in [2.05, 4.69) is 15.3 Å². The van der Waals surface area contributed by atoms with Gasteiger partial charge in [-0.2, -0.15) is 5.26 Å². The normalized spacial score (nSPS) is 9.65. The van der Waals surface area contributed by atoms with E-state index < -0.39 is 0 Å². The molecule has 6 heteroatoms. The third-order valence-electron chi connectivity index (χ3n) is 2.01. The molecular formula is C11H8ClN5. The Kier molecular flexibility index (Phi) is 3.08. The van der Waals surface area contributed by atoms with Gasteiger partial charge in [0.25, 0.3) is 0 Å². The monoisotopic (exact) mass is 245 g/mol. The van der Waals surface area contributed by atoms with Gasteiger partial charge < -0.3 is 11.1 Å². The van der Waals surface area contributed by atoms with Gasteiger partial charge in [-0.05, 0) is 18.2 Å². The molecule has 17 heavy (non-hydrogen) atoms. The van der Waals surface area contributed by atoms with Crippen LogP contribution in [0.4, 0.5) is 17.3 Å². The topological polar surface area (TPSA) is 87.6 Å². The largest absolute Gasteiger partial charge is 0.382 e. The van der Waals surface area contributed by atoms with Crippen LogP contribution in [0, 0.1) is 11.3 Å². The highest BCUT2D eigenvalue weighted by atomic mass is 35.5. The van der Waals surface area contributed by atoms with E-state index in [1.54, 1.807) is 18.2 Å². The van der Waals surface area contributed by atoms with E-state index in [-0.39, 0.29) is 0 Å². The second kappa shape index (κ2) is 4.68. The van der Waals surface area contributed by atoms with Crippen LogP contribution in [-0.4, -0.2) is 9.97 Å². The zero-order chi connectivity index (χ0) is 12.3. The first-order valence-corrected chi connectivity index (χ1v) is 5.11. The number of hydrogen-bond donors (Lipinski definition) is 2. The van der Waals surface area contributed by atoms with Gasteiger partial charge in [0.05, 0.1) is 34.7 Å². The molecule has 0 bridgehead atoms. The van der Waals surface area contributed by atoms with Crippen molar-refractivity contribution >= 4 is 28.9 Å². The van der Waals surface area contributed by atoms with Gasteiger partial charge in [-0.15, -0.1) is 0 Å². The van der Waals surface area contributed by atoms with Gasteiger partial charge in [0.2, 0.25) is 0 Å². The molecule has 0 aliphatic carbocycles. The summed E-state index contributed by atoms with van der Waals surface area (Å²) in [4.78, 5) is 7.93. The van der Waals surface area contributed by atoms with Crippen molar-refractivity contribution in [2.24, 2.45) is 0 Å². The fraction of sp³-hybridized carbons (Fsp3) is 0. The molecule has 0 aliphatic rings. The summed E-state index contributed by atoms with van der Waals surface area (Å²) in [5.41, 5.74) is 6.65. The molecule has 3 N–H and O–H groups in total. The number of nitrogens with one attached hydrogen (secondary N) is 1. The molecule has 1 aromatic heterocycles. The molecule has 0 saturated carbocycles. The second-order valence-electron chi connectivity index (χ2n) is 3.26. The molecular weight excluding hydrogens is 238 g/mol.